The lowest BCUT2D eigenvalue weighted by Crippen LogP contribution is -2.13. The molecule has 1 aliphatic rings. The summed E-state index contributed by atoms with van der Waals surface area (Å²) in [6.45, 7) is 3.96. The lowest BCUT2D eigenvalue weighted by Gasteiger charge is -2.09. The van der Waals surface area contributed by atoms with Crippen LogP contribution in [0.3, 0.4) is 0 Å². The number of nitrogens with one attached hydrogen (secondary N) is 1. The molecule has 132 valence electrons. The first-order chi connectivity index (χ1) is 12.0. The minimum Gasteiger partial charge on any atom is -0.461 e. The maximum atomic E-state index is 11.9. The summed E-state index contributed by atoms with van der Waals surface area (Å²) in [5.74, 6) is 0.0860. The van der Waals surface area contributed by atoms with Gasteiger partial charge in [0.05, 0.1) is 12.5 Å². The van der Waals surface area contributed by atoms with E-state index in [4.69, 9.17) is 13.9 Å². The molecule has 2 atom stereocenters. The van der Waals surface area contributed by atoms with E-state index < -0.39 is 11.7 Å². The molecule has 1 aromatic carbocycles. The van der Waals surface area contributed by atoms with Gasteiger partial charge in [-0.1, -0.05) is 6.92 Å². The molecule has 25 heavy (non-hydrogen) atoms. The van der Waals surface area contributed by atoms with Crippen molar-refractivity contribution in [2.24, 2.45) is 11.8 Å². The van der Waals surface area contributed by atoms with E-state index in [0.29, 0.717) is 28.1 Å². The van der Waals surface area contributed by atoms with Gasteiger partial charge in [-0.05, 0) is 31.4 Å². The van der Waals surface area contributed by atoms with Crippen molar-refractivity contribution in [1.82, 2.24) is 0 Å². The van der Waals surface area contributed by atoms with Crippen molar-refractivity contribution < 1.29 is 23.5 Å². The molecule has 0 saturated heterocycles. The number of benzene rings is 1. The highest BCUT2D eigenvalue weighted by Crippen LogP contribution is 2.38. The van der Waals surface area contributed by atoms with Crippen LogP contribution in [0.5, 0.6) is 0 Å². The Morgan fingerprint density at radius 3 is 2.72 bits per heavy atom. The average Bonchev–Trinajstić information content (AvgIpc) is 3.29. The first kappa shape index (κ1) is 17.0. The molecule has 1 fully saturated rings. The fraction of sp³-hybridized carbons (Fsp3) is 0.389. The van der Waals surface area contributed by atoms with Crippen molar-refractivity contribution in [2.45, 2.75) is 26.9 Å². The third kappa shape index (κ3) is 3.99. The second-order valence-electron chi connectivity index (χ2n) is 6.07. The number of fused-ring (bicyclic) bond motifs is 1. The molecule has 1 heterocycles. The van der Waals surface area contributed by atoms with Crippen LogP contribution < -0.4 is 10.9 Å². The summed E-state index contributed by atoms with van der Waals surface area (Å²) in [5, 5.41) is 3.19. The smallest absolute Gasteiger partial charge is 0.411 e. The molecule has 1 aromatic heterocycles. The number of esters is 1. The number of hydrogen-bond donors (Lipinski definition) is 1. The van der Waals surface area contributed by atoms with Gasteiger partial charge in [0.25, 0.3) is 0 Å². The zero-order valence-corrected chi connectivity index (χ0v) is 14.0. The van der Waals surface area contributed by atoms with E-state index in [9.17, 15) is 14.4 Å². The Morgan fingerprint density at radius 1 is 1.28 bits per heavy atom. The van der Waals surface area contributed by atoms with Gasteiger partial charge in [-0.3, -0.25) is 10.1 Å². The third-order valence-corrected chi connectivity index (χ3v) is 4.13. The first-order valence-corrected chi connectivity index (χ1v) is 8.15. The summed E-state index contributed by atoms with van der Waals surface area (Å²) in [5.41, 5.74) is 0.755. The number of rotatable bonds is 5. The van der Waals surface area contributed by atoms with Crippen LogP contribution in [0.15, 0.2) is 33.5 Å². The van der Waals surface area contributed by atoms with Gasteiger partial charge in [0.1, 0.15) is 12.2 Å². The molecule has 7 heteroatoms. The predicted octanol–water partition coefficient (Wildman–Crippen LogP) is 3.06. The van der Waals surface area contributed by atoms with Gasteiger partial charge in [-0.15, -0.1) is 0 Å². The monoisotopic (exact) mass is 345 g/mol. The summed E-state index contributed by atoms with van der Waals surface area (Å²) in [7, 11) is 0. The summed E-state index contributed by atoms with van der Waals surface area (Å²) in [4.78, 5) is 35.1. The lowest BCUT2D eigenvalue weighted by molar-refractivity contribution is -0.146. The van der Waals surface area contributed by atoms with Crippen LogP contribution in [0.25, 0.3) is 11.0 Å². The van der Waals surface area contributed by atoms with Gasteiger partial charge in [-0.2, -0.15) is 0 Å². The molecule has 1 amide bonds. The summed E-state index contributed by atoms with van der Waals surface area (Å²) in [6.07, 6.45) is 0.257. The standard InChI is InChI=1S/C18H19NO6/c1-3-23-18(22)19-12-4-5-13-11(7-16(20)25-15(13)8-12)9-24-17(21)14-6-10(14)2/h4-5,7-8,10,14H,3,6,9H2,1-2H3,(H,19,22)/t10-,14-/m0/s1. The van der Waals surface area contributed by atoms with Crippen LogP contribution in [0.2, 0.25) is 0 Å². The molecule has 2 aromatic rings. The number of hydrogen-bond acceptors (Lipinski definition) is 6. The maximum Gasteiger partial charge on any atom is 0.411 e. The van der Waals surface area contributed by atoms with Gasteiger partial charge in [0.15, 0.2) is 0 Å². The minimum atomic E-state index is -0.590. The van der Waals surface area contributed by atoms with E-state index in [1.807, 2.05) is 6.92 Å². The number of carbonyl (C=O) groups is 2. The van der Waals surface area contributed by atoms with Crippen LogP contribution in [0.4, 0.5) is 10.5 Å². The topological polar surface area (TPSA) is 94.8 Å². The number of amides is 1. The molecular formula is C18H19NO6. The summed E-state index contributed by atoms with van der Waals surface area (Å²) < 4.78 is 15.3. The minimum absolute atomic E-state index is 0.00874. The van der Waals surface area contributed by atoms with E-state index in [2.05, 4.69) is 5.32 Å². The maximum absolute atomic E-state index is 11.9. The fourth-order valence-electron chi connectivity index (χ4n) is 2.62. The Hall–Kier alpha value is -2.83. The molecule has 3 rings (SSSR count). The van der Waals surface area contributed by atoms with Crippen LogP contribution >= 0.6 is 0 Å². The first-order valence-electron chi connectivity index (χ1n) is 8.15. The predicted molar refractivity (Wildman–Crippen MR) is 90.2 cm³/mol. The zero-order valence-electron chi connectivity index (χ0n) is 14.0. The van der Waals surface area contributed by atoms with E-state index in [1.54, 1.807) is 19.1 Å². The normalized spacial score (nSPS) is 18.6. The largest absolute Gasteiger partial charge is 0.461 e. The molecule has 0 spiro atoms. The Balaban J connectivity index is 1.80. The molecule has 0 bridgehead atoms. The highest BCUT2D eigenvalue weighted by Gasteiger charge is 2.40. The quantitative estimate of drug-likeness (QED) is 0.661. The molecule has 0 unspecified atom stereocenters. The molecule has 1 saturated carbocycles. The van der Waals surface area contributed by atoms with Gasteiger partial charge in [0.2, 0.25) is 0 Å². The summed E-state index contributed by atoms with van der Waals surface area (Å²) in [6, 6.07) is 6.20. The van der Waals surface area contributed by atoms with E-state index in [1.165, 1.54) is 12.1 Å². The molecule has 1 N–H and O–H groups in total. The van der Waals surface area contributed by atoms with Crippen molar-refractivity contribution in [1.29, 1.82) is 0 Å². The molecule has 7 nitrogen and oxygen atoms in total. The number of anilines is 1. The SMILES string of the molecule is CCOC(=O)Nc1ccc2c(COC(=O)[C@H]3C[C@@H]3C)cc(=O)oc2c1. The molecule has 0 aliphatic heterocycles. The molecular weight excluding hydrogens is 326 g/mol. The van der Waals surface area contributed by atoms with Crippen LogP contribution in [-0.2, 0) is 20.9 Å². The third-order valence-electron chi connectivity index (χ3n) is 4.13. The van der Waals surface area contributed by atoms with E-state index in [-0.39, 0.29) is 25.1 Å². The summed E-state index contributed by atoms with van der Waals surface area (Å²) >= 11 is 0. The molecule has 1 aliphatic carbocycles. The highest BCUT2D eigenvalue weighted by molar-refractivity contribution is 5.90. The Bertz CT molecular complexity index is 871. The van der Waals surface area contributed by atoms with Crippen molar-refractivity contribution in [3.63, 3.8) is 0 Å². The Morgan fingerprint density at radius 2 is 2.04 bits per heavy atom. The highest BCUT2D eigenvalue weighted by atomic mass is 16.5. The Kier molecular flexibility index (Phi) is 4.74. The fourth-order valence-corrected chi connectivity index (χ4v) is 2.62. The van der Waals surface area contributed by atoms with Gasteiger partial charge in [0, 0.05) is 28.8 Å². The van der Waals surface area contributed by atoms with Gasteiger partial charge in [-0.25, -0.2) is 9.59 Å². The van der Waals surface area contributed by atoms with Crippen molar-refractivity contribution in [3.05, 3.63) is 40.2 Å². The van der Waals surface area contributed by atoms with Crippen molar-refractivity contribution in [2.75, 3.05) is 11.9 Å². The molecule has 0 radical (unpaired) electrons. The average molecular weight is 345 g/mol. The van der Waals surface area contributed by atoms with Crippen molar-refractivity contribution >= 4 is 28.7 Å². The number of ether oxygens (including phenoxy) is 2. The van der Waals surface area contributed by atoms with Crippen LogP contribution in [-0.4, -0.2) is 18.7 Å². The van der Waals surface area contributed by atoms with Crippen LogP contribution in [0, 0.1) is 11.8 Å². The van der Waals surface area contributed by atoms with E-state index >= 15 is 0 Å². The van der Waals surface area contributed by atoms with Gasteiger partial charge >= 0.3 is 17.7 Å². The second kappa shape index (κ2) is 6.96. The lowest BCUT2D eigenvalue weighted by atomic mass is 10.1. The van der Waals surface area contributed by atoms with Crippen LogP contribution in [0.1, 0.15) is 25.8 Å². The van der Waals surface area contributed by atoms with E-state index in [0.717, 1.165) is 6.42 Å². The zero-order chi connectivity index (χ0) is 18.0. The second-order valence-corrected chi connectivity index (χ2v) is 6.07. The van der Waals surface area contributed by atoms with Gasteiger partial charge < -0.3 is 13.9 Å². The van der Waals surface area contributed by atoms with Crippen molar-refractivity contribution in [3.8, 4) is 0 Å². The Labute approximate surface area is 143 Å². The number of carbonyl (C=O) groups excluding carboxylic acids is 2.